The van der Waals surface area contributed by atoms with E-state index in [4.69, 9.17) is 0 Å². The highest BCUT2D eigenvalue weighted by atomic mass is 15.2. The van der Waals surface area contributed by atoms with Gasteiger partial charge in [0.2, 0.25) is 0 Å². The molecule has 0 amide bonds. The summed E-state index contributed by atoms with van der Waals surface area (Å²) in [6.07, 6.45) is 5.61. The summed E-state index contributed by atoms with van der Waals surface area (Å²) in [7, 11) is 6.54. The van der Waals surface area contributed by atoms with Crippen LogP contribution in [-0.4, -0.2) is 62.0 Å². The average molecular weight is 318 g/mol. The number of hydrogen-bond donors (Lipinski definition) is 0. The summed E-state index contributed by atoms with van der Waals surface area (Å²) in [5.74, 6) is 0. The van der Waals surface area contributed by atoms with Crippen LogP contribution in [0.3, 0.4) is 0 Å². The van der Waals surface area contributed by atoms with Crippen LogP contribution in [0.4, 0.5) is 0 Å². The molecule has 1 aromatic carbocycles. The maximum atomic E-state index is 2.65. The second kappa shape index (κ2) is 9.41. The van der Waals surface area contributed by atoms with Crippen LogP contribution in [0.15, 0.2) is 24.3 Å². The Labute approximate surface area is 143 Å². The minimum Gasteiger partial charge on any atom is -0.303 e. The van der Waals surface area contributed by atoms with Gasteiger partial charge in [-0.2, -0.15) is 0 Å². The molecule has 0 bridgehead atoms. The fourth-order valence-corrected chi connectivity index (χ4v) is 3.31. The van der Waals surface area contributed by atoms with Gasteiger partial charge < -0.3 is 14.7 Å². The zero-order valence-corrected chi connectivity index (χ0v) is 15.6. The number of hydrogen-bond acceptors (Lipinski definition) is 3. The van der Waals surface area contributed by atoms with Crippen molar-refractivity contribution in [3.63, 3.8) is 0 Å². The van der Waals surface area contributed by atoms with Crippen LogP contribution in [0.2, 0.25) is 0 Å². The molecule has 3 nitrogen and oxygen atoms in total. The van der Waals surface area contributed by atoms with E-state index < -0.39 is 0 Å². The van der Waals surface area contributed by atoms with E-state index in [1.165, 1.54) is 56.4 Å². The highest BCUT2D eigenvalue weighted by Gasteiger charge is 2.11. The van der Waals surface area contributed by atoms with E-state index in [0.717, 1.165) is 13.1 Å². The third-order valence-corrected chi connectivity index (χ3v) is 5.16. The summed E-state index contributed by atoms with van der Waals surface area (Å²) in [5, 5.41) is 0. The summed E-state index contributed by atoms with van der Waals surface area (Å²) in [6, 6.07) is 9.54. The lowest BCUT2D eigenvalue weighted by atomic mass is 10.0. The first kappa shape index (κ1) is 18.4. The van der Waals surface area contributed by atoms with Crippen LogP contribution in [0.5, 0.6) is 0 Å². The molecule has 0 saturated carbocycles. The maximum Gasteiger partial charge on any atom is 0.0313 e. The Bertz CT molecular complexity index is 450. The first-order chi connectivity index (χ1) is 11.1. The van der Waals surface area contributed by atoms with Gasteiger partial charge in [-0.15, -0.1) is 0 Å². The van der Waals surface area contributed by atoms with Gasteiger partial charge in [0.1, 0.15) is 0 Å². The number of likely N-dealkylation sites (tertiary alicyclic amines) is 1. The van der Waals surface area contributed by atoms with Gasteiger partial charge in [0, 0.05) is 25.7 Å². The molecule has 2 rings (SSSR count). The number of nitrogens with zero attached hydrogens (tertiary/aromatic N) is 3. The van der Waals surface area contributed by atoms with E-state index in [0.29, 0.717) is 6.04 Å². The first-order valence-electron chi connectivity index (χ1n) is 9.22. The van der Waals surface area contributed by atoms with Gasteiger partial charge in [0.15, 0.2) is 0 Å². The molecule has 0 N–H and O–H groups in total. The van der Waals surface area contributed by atoms with E-state index >= 15 is 0 Å². The average Bonchev–Trinajstić information content (AvgIpc) is 2.81. The van der Waals surface area contributed by atoms with Crippen molar-refractivity contribution in [1.82, 2.24) is 14.7 Å². The molecule has 3 heteroatoms. The van der Waals surface area contributed by atoms with Gasteiger partial charge in [-0.05, 0) is 65.1 Å². The number of rotatable bonds is 7. The van der Waals surface area contributed by atoms with E-state index in [-0.39, 0.29) is 0 Å². The van der Waals surface area contributed by atoms with Crippen LogP contribution in [-0.2, 0) is 6.54 Å². The van der Waals surface area contributed by atoms with Gasteiger partial charge in [-0.25, -0.2) is 0 Å². The smallest absolute Gasteiger partial charge is 0.0313 e. The van der Waals surface area contributed by atoms with E-state index in [9.17, 15) is 0 Å². The standard InChI is InChI=1S/C20H35N3/c1-18(21(2)3)20-11-9-10-19(16-20)17-22(4)14-15-23-12-7-5-6-8-13-23/h9-11,16,18H,5-8,12-15,17H2,1-4H3. The third-order valence-electron chi connectivity index (χ3n) is 5.16. The van der Waals surface area contributed by atoms with Crippen LogP contribution >= 0.6 is 0 Å². The number of likely N-dealkylation sites (N-methyl/N-ethyl adjacent to an activating group) is 1. The fraction of sp³-hybridized carbons (Fsp3) is 0.700. The molecule has 1 atom stereocenters. The summed E-state index contributed by atoms with van der Waals surface area (Å²) in [5.41, 5.74) is 2.84. The van der Waals surface area contributed by atoms with E-state index in [1.807, 2.05) is 0 Å². The molecular weight excluding hydrogens is 282 g/mol. The molecule has 23 heavy (non-hydrogen) atoms. The molecule has 1 aliphatic heterocycles. The predicted octanol–water partition coefficient (Wildman–Crippen LogP) is 3.62. The normalized spacial score (nSPS) is 18.3. The molecule has 0 aliphatic carbocycles. The molecular formula is C20H35N3. The fourth-order valence-electron chi connectivity index (χ4n) is 3.31. The molecule has 1 aliphatic rings. The molecule has 1 heterocycles. The van der Waals surface area contributed by atoms with Crippen molar-refractivity contribution in [1.29, 1.82) is 0 Å². The second-order valence-corrected chi connectivity index (χ2v) is 7.38. The van der Waals surface area contributed by atoms with Gasteiger partial charge in [0.05, 0.1) is 0 Å². The predicted molar refractivity (Wildman–Crippen MR) is 99.8 cm³/mol. The van der Waals surface area contributed by atoms with Gasteiger partial charge >= 0.3 is 0 Å². The lowest BCUT2D eigenvalue weighted by Gasteiger charge is -2.25. The lowest BCUT2D eigenvalue weighted by molar-refractivity contribution is 0.227. The first-order valence-corrected chi connectivity index (χ1v) is 9.22. The Morgan fingerprint density at radius 2 is 1.74 bits per heavy atom. The SMILES string of the molecule is CC(c1cccc(CN(C)CCN2CCCCCC2)c1)N(C)C. The third kappa shape index (κ3) is 6.25. The van der Waals surface area contributed by atoms with Crippen molar-refractivity contribution in [2.24, 2.45) is 0 Å². The van der Waals surface area contributed by atoms with Gasteiger partial charge in [-0.3, -0.25) is 0 Å². The van der Waals surface area contributed by atoms with Gasteiger partial charge in [0.25, 0.3) is 0 Å². The van der Waals surface area contributed by atoms with Crippen molar-refractivity contribution >= 4 is 0 Å². The Hall–Kier alpha value is -0.900. The summed E-state index contributed by atoms with van der Waals surface area (Å²) in [6.45, 7) is 8.27. The van der Waals surface area contributed by atoms with Crippen LogP contribution in [0.1, 0.15) is 49.8 Å². The van der Waals surface area contributed by atoms with E-state index in [2.05, 4.69) is 67.0 Å². The Morgan fingerprint density at radius 1 is 1.04 bits per heavy atom. The highest BCUT2D eigenvalue weighted by molar-refractivity contribution is 5.25. The molecule has 1 aromatic rings. The summed E-state index contributed by atoms with van der Waals surface area (Å²) in [4.78, 5) is 7.38. The minimum absolute atomic E-state index is 0.470. The highest BCUT2D eigenvalue weighted by Crippen LogP contribution is 2.19. The second-order valence-electron chi connectivity index (χ2n) is 7.38. The maximum absolute atomic E-state index is 2.65. The van der Waals surface area contributed by atoms with Crippen molar-refractivity contribution in [2.75, 3.05) is 47.3 Å². The Kier molecular flexibility index (Phi) is 7.54. The summed E-state index contributed by atoms with van der Waals surface area (Å²) >= 11 is 0. The minimum atomic E-state index is 0.470. The molecule has 0 spiro atoms. The molecule has 1 unspecified atom stereocenters. The zero-order valence-electron chi connectivity index (χ0n) is 15.6. The van der Waals surface area contributed by atoms with Crippen LogP contribution in [0.25, 0.3) is 0 Å². The molecule has 0 radical (unpaired) electrons. The summed E-state index contributed by atoms with van der Waals surface area (Å²) < 4.78 is 0. The van der Waals surface area contributed by atoms with Crippen LogP contribution < -0.4 is 0 Å². The monoisotopic (exact) mass is 317 g/mol. The van der Waals surface area contributed by atoms with Crippen molar-refractivity contribution < 1.29 is 0 Å². The van der Waals surface area contributed by atoms with Gasteiger partial charge in [-0.1, -0.05) is 37.1 Å². The zero-order chi connectivity index (χ0) is 16.7. The topological polar surface area (TPSA) is 9.72 Å². The quantitative estimate of drug-likeness (QED) is 0.760. The Balaban J connectivity index is 1.82. The molecule has 0 aromatic heterocycles. The molecule has 1 saturated heterocycles. The lowest BCUT2D eigenvalue weighted by Crippen LogP contribution is -2.33. The number of benzene rings is 1. The van der Waals surface area contributed by atoms with E-state index in [1.54, 1.807) is 0 Å². The van der Waals surface area contributed by atoms with Crippen molar-refractivity contribution in [3.8, 4) is 0 Å². The molecule has 1 fully saturated rings. The Morgan fingerprint density at radius 3 is 2.39 bits per heavy atom. The largest absolute Gasteiger partial charge is 0.303 e. The van der Waals surface area contributed by atoms with Crippen LogP contribution in [0, 0.1) is 0 Å². The molecule has 130 valence electrons. The van der Waals surface area contributed by atoms with Crippen molar-refractivity contribution in [2.45, 2.75) is 45.2 Å². The van der Waals surface area contributed by atoms with Crippen molar-refractivity contribution in [3.05, 3.63) is 35.4 Å².